The molecule has 0 aliphatic rings. The van der Waals surface area contributed by atoms with Crippen molar-refractivity contribution < 1.29 is 9.47 Å². The first kappa shape index (κ1) is 17.0. The fourth-order valence-electron chi connectivity index (χ4n) is 2.73. The number of hydrogen-bond acceptors (Lipinski definition) is 5. The Balaban J connectivity index is 1.95. The third-order valence-corrected chi connectivity index (χ3v) is 4.06. The summed E-state index contributed by atoms with van der Waals surface area (Å²) in [7, 11) is 5.28. The molecule has 25 heavy (non-hydrogen) atoms. The van der Waals surface area contributed by atoms with Crippen molar-refractivity contribution in [1.29, 1.82) is 0 Å². The standard InChI is InChI=1S/C19H22N4O2/c1-23-8-7-21-19(23)18(22-13-14-5-4-6-20-12-14)15-9-16(24-2)11-17(10-15)25-3/h4-12,18,22H,13H2,1-3H3. The van der Waals surface area contributed by atoms with E-state index in [0.29, 0.717) is 6.54 Å². The second kappa shape index (κ2) is 7.81. The number of methoxy groups -OCH3 is 2. The van der Waals surface area contributed by atoms with Crippen molar-refractivity contribution in [3.05, 3.63) is 72.1 Å². The first-order chi connectivity index (χ1) is 12.2. The van der Waals surface area contributed by atoms with Gasteiger partial charge in [0.25, 0.3) is 0 Å². The Morgan fingerprint density at radius 3 is 2.44 bits per heavy atom. The lowest BCUT2D eigenvalue weighted by Crippen LogP contribution is -2.25. The molecule has 6 nitrogen and oxygen atoms in total. The molecule has 1 atom stereocenters. The lowest BCUT2D eigenvalue weighted by atomic mass is 10.0. The zero-order valence-electron chi connectivity index (χ0n) is 14.6. The van der Waals surface area contributed by atoms with Crippen LogP contribution in [-0.2, 0) is 13.6 Å². The Kier molecular flexibility index (Phi) is 5.30. The van der Waals surface area contributed by atoms with Gasteiger partial charge in [0.15, 0.2) is 0 Å². The van der Waals surface area contributed by atoms with Crippen LogP contribution in [0.1, 0.15) is 23.0 Å². The molecule has 3 aromatic rings. The highest BCUT2D eigenvalue weighted by Crippen LogP contribution is 2.29. The normalized spacial score (nSPS) is 12.0. The van der Waals surface area contributed by atoms with Crippen LogP contribution in [0.3, 0.4) is 0 Å². The molecule has 0 amide bonds. The number of nitrogens with zero attached hydrogens (tertiary/aromatic N) is 3. The molecule has 130 valence electrons. The van der Waals surface area contributed by atoms with Crippen molar-refractivity contribution in [1.82, 2.24) is 19.9 Å². The molecule has 2 heterocycles. The molecule has 1 N–H and O–H groups in total. The minimum absolute atomic E-state index is 0.107. The summed E-state index contributed by atoms with van der Waals surface area (Å²) in [5, 5.41) is 3.56. The van der Waals surface area contributed by atoms with Gasteiger partial charge in [-0.1, -0.05) is 6.07 Å². The maximum atomic E-state index is 5.41. The number of rotatable bonds is 7. The quantitative estimate of drug-likeness (QED) is 0.718. The lowest BCUT2D eigenvalue weighted by molar-refractivity contribution is 0.392. The highest BCUT2D eigenvalue weighted by molar-refractivity contribution is 5.41. The van der Waals surface area contributed by atoms with Crippen LogP contribution < -0.4 is 14.8 Å². The summed E-state index contributed by atoms with van der Waals surface area (Å²) >= 11 is 0. The van der Waals surface area contributed by atoms with Gasteiger partial charge >= 0.3 is 0 Å². The molecule has 0 spiro atoms. The molecule has 0 radical (unpaired) electrons. The van der Waals surface area contributed by atoms with Crippen molar-refractivity contribution in [3.8, 4) is 11.5 Å². The zero-order valence-corrected chi connectivity index (χ0v) is 14.6. The van der Waals surface area contributed by atoms with Crippen LogP contribution in [0.4, 0.5) is 0 Å². The summed E-state index contributed by atoms with van der Waals surface area (Å²) in [4.78, 5) is 8.69. The van der Waals surface area contributed by atoms with E-state index < -0.39 is 0 Å². The molecule has 0 aliphatic carbocycles. The van der Waals surface area contributed by atoms with E-state index in [2.05, 4.69) is 15.3 Å². The Morgan fingerprint density at radius 2 is 1.88 bits per heavy atom. The van der Waals surface area contributed by atoms with Gasteiger partial charge in [0.05, 0.1) is 20.3 Å². The maximum absolute atomic E-state index is 5.41. The summed E-state index contributed by atoms with van der Waals surface area (Å²) in [6, 6.07) is 9.73. The number of hydrogen-bond donors (Lipinski definition) is 1. The minimum Gasteiger partial charge on any atom is -0.497 e. The van der Waals surface area contributed by atoms with E-state index in [4.69, 9.17) is 9.47 Å². The monoisotopic (exact) mass is 338 g/mol. The molecule has 0 saturated carbocycles. The second-order valence-corrected chi connectivity index (χ2v) is 5.72. The summed E-state index contributed by atoms with van der Waals surface area (Å²) < 4.78 is 12.8. The highest BCUT2D eigenvalue weighted by atomic mass is 16.5. The lowest BCUT2D eigenvalue weighted by Gasteiger charge is -2.20. The van der Waals surface area contributed by atoms with Gasteiger partial charge in [-0.25, -0.2) is 4.98 Å². The molecule has 0 saturated heterocycles. The van der Waals surface area contributed by atoms with Gasteiger partial charge in [-0.2, -0.15) is 0 Å². The van der Waals surface area contributed by atoms with Gasteiger partial charge in [0.2, 0.25) is 0 Å². The van der Waals surface area contributed by atoms with Crippen molar-refractivity contribution in [3.63, 3.8) is 0 Å². The third-order valence-electron chi connectivity index (χ3n) is 4.06. The summed E-state index contributed by atoms with van der Waals surface area (Å²) in [5.41, 5.74) is 2.13. The van der Waals surface area contributed by atoms with E-state index >= 15 is 0 Å². The van der Waals surface area contributed by atoms with Crippen molar-refractivity contribution in [2.45, 2.75) is 12.6 Å². The number of ether oxygens (including phenoxy) is 2. The number of nitrogens with one attached hydrogen (secondary N) is 1. The average Bonchev–Trinajstić information content (AvgIpc) is 3.08. The molecule has 1 aromatic carbocycles. The Hall–Kier alpha value is -2.86. The number of imidazole rings is 1. The topological polar surface area (TPSA) is 61.2 Å². The van der Waals surface area contributed by atoms with E-state index in [1.54, 1.807) is 26.6 Å². The van der Waals surface area contributed by atoms with Gasteiger partial charge < -0.3 is 14.0 Å². The molecule has 0 bridgehead atoms. The van der Waals surface area contributed by atoms with Crippen LogP contribution in [0.2, 0.25) is 0 Å². The van der Waals surface area contributed by atoms with Gasteiger partial charge in [0.1, 0.15) is 17.3 Å². The predicted octanol–water partition coefficient (Wildman–Crippen LogP) is 2.71. The number of benzene rings is 1. The summed E-state index contributed by atoms with van der Waals surface area (Å²) in [5.74, 6) is 2.41. The molecule has 1 unspecified atom stereocenters. The third kappa shape index (κ3) is 3.97. The molecular formula is C19H22N4O2. The Labute approximate surface area is 147 Å². The molecule has 2 aromatic heterocycles. The Bertz CT molecular complexity index is 795. The molecular weight excluding hydrogens is 316 g/mol. The van der Waals surface area contributed by atoms with E-state index in [-0.39, 0.29) is 6.04 Å². The first-order valence-electron chi connectivity index (χ1n) is 8.03. The fourth-order valence-corrected chi connectivity index (χ4v) is 2.73. The number of pyridine rings is 1. The number of aromatic nitrogens is 3. The van der Waals surface area contributed by atoms with Gasteiger partial charge in [-0.3, -0.25) is 10.3 Å². The molecule has 3 rings (SSSR count). The van der Waals surface area contributed by atoms with E-state index in [0.717, 1.165) is 28.5 Å². The number of aryl methyl sites for hydroxylation is 1. The summed E-state index contributed by atoms with van der Waals surface area (Å²) in [6.45, 7) is 0.672. The van der Waals surface area contributed by atoms with Crippen molar-refractivity contribution in [2.75, 3.05) is 14.2 Å². The van der Waals surface area contributed by atoms with Crippen LogP contribution in [0.25, 0.3) is 0 Å². The van der Waals surface area contributed by atoms with Gasteiger partial charge in [-0.05, 0) is 29.3 Å². The van der Waals surface area contributed by atoms with E-state index in [9.17, 15) is 0 Å². The van der Waals surface area contributed by atoms with Crippen LogP contribution in [0.15, 0.2) is 55.1 Å². The van der Waals surface area contributed by atoms with Crippen molar-refractivity contribution in [2.24, 2.45) is 7.05 Å². The van der Waals surface area contributed by atoms with E-state index in [1.165, 1.54) is 0 Å². The van der Waals surface area contributed by atoms with E-state index in [1.807, 2.05) is 54.3 Å². The van der Waals surface area contributed by atoms with Crippen LogP contribution in [0.5, 0.6) is 11.5 Å². The second-order valence-electron chi connectivity index (χ2n) is 5.72. The first-order valence-corrected chi connectivity index (χ1v) is 8.03. The van der Waals surface area contributed by atoms with Gasteiger partial charge in [-0.15, -0.1) is 0 Å². The minimum atomic E-state index is -0.107. The Morgan fingerprint density at radius 1 is 1.12 bits per heavy atom. The average molecular weight is 338 g/mol. The zero-order chi connectivity index (χ0) is 17.6. The highest BCUT2D eigenvalue weighted by Gasteiger charge is 2.20. The summed E-state index contributed by atoms with van der Waals surface area (Å²) in [6.07, 6.45) is 7.36. The van der Waals surface area contributed by atoms with Crippen LogP contribution in [-0.4, -0.2) is 28.8 Å². The van der Waals surface area contributed by atoms with Crippen LogP contribution >= 0.6 is 0 Å². The smallest absolute Gasteiger partial charge is 0.130 e. The van der Waals surface area contributed by atoms with Crippen molar-refractivity contribution >= 4 is 0 Å². The largest absolute Gasteiger partial charge is 0.497 e. The molecule has 0 fully saturated rings. The van der Waals surface area contributed by atoms with Gasteiger partial charge in [0, 0.05) is 44.4 Å². The molecule has 6 heteroatoms. The van der Waals surface area contributed by atoms with Crippen LogP contribution in [0, 0.1) is 0 Å². The SMILES string of the molecule is COc1cc(OC)cc(C(NCc2cccnc2)c2nccn2C)c1. The predicted molar refractivity (Wildman–Crippen MR) is 95.7 cm³/mol. The fraction of sp³-hybridized carbons (Fsp3) is 0.263. The molecule has 0 aliphatic heterocycles. The maximum Gasteiger partial charge on any atom is 0.130 e.